The van der Waals surface area contributed by atoms with E-state index in [0.717, 1.165) is 42.1 Å². The summed E-state index contributed by atoms with van der Waals surface area (Å²) in [4.78, 5) is 24.9. The van der Waals surface area contributed by atoms with E-state index in [2.05, 4.69) is 10.6 Å². The monoisotopic (exact) mass is 513 g/mol. The van der Waals surface area contributed by atoms with Crippen molar-refractivity contribution in [2.24, 2.45) is 5.41 Å². The molecular formula is C29H38ClN2O4+. The predicted octanol–water partition coefficient (Wildman–Crippen LogP) is 7.10. The molecule has 2 aromatic heterocycles. The summed E-state index contributed by atoms with van der Waals surface area (Å²) in [5.74, 6) is -0.151. The van der Waals surface area contributed by atoms with Gasteiger partial charge in [0.05, 0.1) is 27.9 Å². The number of rotatable bonds is 9. The molecule has 0 bridgehead atoms. The third-order valence-electron chi connectivity index (χ3n) is 6.22. The van der Waals surface area contributed by atoms with Crippen LogP contribution in [-0.2, 0) is 14.3 Å². The van der Waals surface area contributed by atoms with Crippen LogP contribution in [-0.4, -0.2) is 28.8 Å². The number of carbonyl (C=O) groups excluding carboxylic acids is 2. The predicted molar refractivity (Wildman–Crippen MR) is 142 cm³/mol. The maximum Gasteiger partial charge on any atom is 0.418 e. The Morgan fingerprint density at radius 1 is 1.06 bits per heavy atom. The summed E-state index contributed by atoms with van der Waals surface area (Å²) in [6.45, 7) is 11.7. The number of nitrogens with zero attached hydrogens (tertiary/aromatic N) is 2. The first-order valence-electron chi connectivity index (χ1n) is 12.6. The van der Waals surface area contributed by atoms with E-state index in [-0.39, 0.29) is 12.0 Å². The lowest BCUT2D eigenvalue weighted by Gasteiger charge is -2.22. The van der Waals surface area contributed by atoms with Crippen LogP contribution in [0.15, 0.2) is 55.0 Å². The van der Waals surface area contributed by atoms with E-state index in [4.69, 9.17) is 21.1 Å². The number of unbranched alkanes of at least 4 members (excludes halogenated alkanes) is 1. The highest BCUT2D eigenvalue weighted by molar-refractivity contribution is 6.31. The molecule has 7 heteroatoms. The van der Waals surface area contributed by atoms with E-state index < -0.39 is 17.1 Å². The molecular weight excluding hydrogens is 476 g/mol. The van der Waals surface area contributed by atoms with Gasteiger partial charge in [-0.25, -0.2) is 4.79 Å². The van der Waals surface area contributed by atoms with Gasteiger partial charge in [-0.05, 0) is 66.5 Å². The van der Waals surface area contributed by atoms with Crippen molar-refractivity contribution < 1.29 is 23.6 Å². The van der Waals surface area contributed by atoms with E-state index >= 15 is 0 Å². The molecule has 0 aliphatic heterocycles. The third-order valence-corrected chi connectivity index (χ3v) is 6.57. The van der Waals surface area contributed by atoms with Crippen molar-refractivity contribution in [2.45, 2.75) is 78.9 Å². The smallest absolute Gasteiger partial charge is 0.418 e. The van der Waals surface area contributed by atoms with Crippen LogP contribution in [0.5, 0.6) is 0 Å². The molecule has 194 valence electrons. The fraction of sp³-hybridized carbons (Fsp3) is 0.483. The molecule has 1 unspecified atom stereocenters. The number of ether oxygens (including phenoxy) is 2. The van der Waals surface area contributed by atoms with E-state index in [1.165, 1.54) is 4.57 Å². The number of hydrogen-bond acceptors (Lipinski definition) is 4. The summed E-state index contributed by atoms with van der Waals surface area (Å²) in [6.07, 6.45) is 8.79. The summed E-state index contributed by atoms with van der Waals surface area (Å²) in [5, 5.41) is 1.65. The molecule has 0 aliphatic carbocycles. The second-order valence-corrected chi connectivity index (χ2v) is 11.2. The van der Waals surface area contributed by atoms with Gasteiger partial charge in [0.1, 0.15) is 5.60 Å². The van der Waals surface area contributed by atoms with Gasteiger partial charge in [0.2, 0.25) is 0 Å². The number of esters is 1. The zero-order valence-electron chi connectivity index (χ0n) is 22.2. The van der Waals surface area contributed by atoms with Crippen LogP contribution in [0.3, 0.4) is 0 Å². The van der Waals surface area contributed by atoms with Gasteiger partial charge in [-0.2, -0.15) is 4.57 Å². The number of benzene rings is 1. The molecule has 1 aromatic carbocycles. The molecule has 0 fully saturated rings. The first-order valence-corrected chi connectivity index (χ1v) is 13.0. The lowest BCUT2D eigenvalue weighted by Crippen LogP contribution is -2.39. The van der Waals surface area contributed by atoms with Gasteiger partial charge in [-0.1, -0.05) is 36.2 Å². The van der Waals surface area contributed by atoms with Gasteiger partial charge in [-0.15, -0.1) is 0 Å². The number of carbonyl (C=O) groups is 2. The number of pyridine rings is 1. The summed E-state index contributed by atoms with van der Waals surface area (Å²) < 4.78 is 14.5. The summed E-state index contributed by atoms with van der Waals surface area (Å²) in [7, 11) is 0. The Labute approximate surface area is 219 Å². The molecule has 3 rings (SSSR count). The lowest BCUT2D eigenvalue weighted by molar-refractivity contribution is -0.713. The molecule has 0 aliphatic rings. The molecule has 0 N–H and O–H groups in total. The van der Waals surface area contributed by atoms with Gasteiger partial charge in [0.25, 0.3) is 0 Å². The van der Waals surface area contributed by atoms with E-state index in [9.17, 15) is 9.59 Å². The average Bonchev–Trinajstić information content (AvgIpc) is 3.22. The largest absolute Gasteiger partial charge is 0.466 e. The van der Waals surface area contributed by atoms with E-state index in [0.29, 0.717) is 11.6 Å². The molecule has 0 saturated carbocycles. The molecule has 0 saturated heterocycles. The van der Waals surface area contributed by atoms with Crippen molar-refractivity contribution in [3.05, 3.63) is 65.6 Å². The van der Waals surface area contributed by atoms with Crippen LogP contribution in [0.4, 0.5) is 4.79 Å². The molecule has 0 spiro atoms. The lowest BCUT2D eigenvalue weighted by atomic mass is 9.86. The SMILES string of the molecule is CCOC(=O)C(C)(C)CCCCC(c1ccccc1Cl)[n+]1ccc2c(ccn2C(=O)OC(C)(C)C)c1. The minimum absolute atomic E-state index is 0.0127. The van der Waals surface area contributed by atoms with Crippen LogP contribution < -0.4 is 4.57 Å². The summed E-state index contributed by atoms with van der Waals surface area (Å²) in [5.41, 5.74) is 0.751. The van der Waals surface area contributed by atoms with Crippen molar-refractivity contribution in [2.75, 3.05) is 6.61 Å². The van der Waals surface area contributed by atoms with Crippen LogP contribution in [0.2, 0.25) is 5.02 Å². The van der Waals surface area contributed by atoms with Gasteiger partial charge >= 0.3 is 12.1 Å². The Bertz CT molecular complexity index is 1210. The Morgan fingerprint density at radius 3 is 2.44 bits per heavy atom. The first-order chi connectivity index (χ1) is 16.9. The highest BCUT2D eigenvalue weighted by Crippen LogP contribution is 2.30. The summed E-state index contributed by atoms with van der Waals surface area (Å²) >= 11 is 6.62. The van der Waals surface area contributed by atoms with Gasteiger partial charge < -0.3 is 9.47 Å². The molecule has 2 heterocycles. The number of hydrogen-bond donors (Lipinski definition) is 0. The maximum atomic E-state index is 12.6. The topological polar surface area (TPSA) is 61.4 Å². The Hall–Kier alpha value is -2.86. The molecule has 0 amide bonds. The second kappa shape index (κ2) is 11.5. The van der Waals surface area contributed by atoms with Gasteiger partial charge in [0.15, 0.2) is 18.4 Å². The maximum absolute atomic E-state index is 12.6. The van der Waals surface area contributed by atoms with Gasteiger partial charge in [-0.3, -0.25) is 9.36 Å². The fourth-order valence-corrected chi connectivity index (χ4v) is 4.58. The van der Waals surface area contributed by atoms with Crippen molar-refractivity contribution in [3.63, 3.8) is 0 Å². The summed E-state index contributed by atoms with van der Waals surface area (Å²) in [6, 6.07) is 11.8. The fourth-order valence-electron chi connectivity index (χ4n) is 4.31. The van der Waals surface area contributed by atoms with Crippen LogP contribution in [0.1, 0.15) is 78.8 Å². The third kappa shape index (κ3) is 6.88. The number of halogens is 1. The van der Waals surface area contributed by atoms with Crippen molar-refractivity contribution >= 4 is 34.6 Å². The highest BCUT2D eigenvalue weighted by atomic mass is 35.5. The molecule has 6 nitrogen and oxygen atoms in total. The molecule has 1 atom stereocenters. The van der Waals surface area contributed by atoms with Crippen LogP contribution in [0.25, 0.3) is 10.9 Å². The van der Waals surface area contributed by atoms with Crippen molar-refractivity contribution in [1.82, 2.24) is 4.57 Å². The van der Waals surface area contributed by atoms with E-state index in [1.54, 1.807) is 6.20 Å². The van der Waals surface area contributed by atoms with Crippen LogP contribution >= 0.6 is 11.6 Å². The zero-order valence-corrected chi connectivity index (χ0v) is 23.0. The quantitative estimate of drug-likeness (QED) is 0.174. The Balaban J connectivity index is 1.83. The Morgan fingerprint density at radius 2 is 1.78 bits per heavy atom. The standard InChI is InChI=1S/C29H38ClN2O4/c1-7-35-26(33)29(5,6)17-11-10-14-25(22-12-8-9-13-23(22)30)31-18-16-24-21(20-31)15-19-32(24)27(34)36-28(2,3)4/h8-9,12-13,15-16,18-20,25H,7,10-11,14,17H2,1-6H3/q+1. The normalized spacial score (nSPS) is 13.0. The highest BCUT2D eigenvalue weighted by Gasteiger charge is 2.30. The van der Waals surface area contributed by atoms with E-state index in [1.807, 2.05) is 84.3 Å². The minimum Gasteiger partial charge on any atom is -0.466 e. The molecule has 36 heavy (non-hydrogen) atoms. The van der Waals surface area contributed by atoms with Crippen LogP contribution in [0, 0.1) is 5.41 Å². The van der Waals surface area contributed by atoms with Crippen molar-refractivity contribution in [1.29, 1.82) is 0 Å². The van der Waals surface area contributed by atoms with Gasteiger partial charge in [0, 0.05) is 24.2 Å². The number of aromatic nitrogens is 2. The minimum atomic E-state index is -0.570. The number of fused-ring (bicyclic) bond motifs is 1. The molecule has 3 aromatic rings. The zero-order chi connectivity index (χ0) is 26.5. The van der Waals surface area contributed by atoms with Crippen molar-refractivity contribution in [3.8, 4) is 0 Å². The molecule has 0 radical (unpaired) electrons. The average molecular weight is 514 g/mol. The second-order valence-electron chi connectivity index (χ2n) is 10.8. The first kappa shape index (κ1) is 27.7. The Kier molecular flexibility index (Phi) is 8.83.